The van der Waals surface area contributed by atoms with E-state index in [4.69, 9.17) is 4.42 Å². The van der Waals surface area contributed by atoms with Gasteiger partial charge >= 0.3 is 5.76 Å². The quantitative estimate of drug-likeness (QED) is 0.705. The summed E-state index contributed by atoms with van der Waals surface area (Å²) in [7, 11) is 1.67. The Balaban J connectivity index is 1.72. The summed E-state index contributed by atoms with van der Waals surface area (Å²) < 4.78 is 19.0. The van der Waals surface area contributed by atoms with Crippen LogP contribution in [-0.2, 0) is 17.9 Å². The monoisotopic (exact) mass is 355 g/mol. The van der Waals surface area contributed by atoms with E-state index in [-0.39, 0.29) is 18.3 Å². The third-order valence-electron chi connectivity index (χ3n) is 4.08. The molecule has 7 heteroatoms. The molecule has 0 unspecified atom stereocenters. The zero-order valence-electron chi connectivity index (χ0n) is 14.5. The number of carbonyl (C=O) groups is 1. The first kappa shape index (κ1) is 17.6. The summed E-state index contributed by atoms with van der Waals surface area (Å²) in [6, 6.07) is 13.2. The van der Waals surface area contributed by atoms with E-state index >= 15 is 0 Å². The highest BCUT2D eigenvalue weighted by atomic mass is 19.1. The van der Waals surface area contributed by atoms with Gasteiger partial charge in [-0.15, -0.1) is 5.10 Å². The van der Waals surface area contributed by atoms with E-state index < -0.39 is 11.6 Å². The molecule has 0 bridgehead atoms. The lowest BCUT2D eigenvalue weighted by molar-refractivity contribution is -0.131. The van der Waals surface area contributed by atoms with Gasteiger partial charge in [0, 0.05) is 19.2 Å². The minimum absolute atomic E-state index is 0.0457. The van der Waals surface area contributed by atoms with Gasteiger partial charge in [0.1, 0.15) is 12.4 Å². The molecule has 0 N–H and O–H groups in total. The standard InChI is InChI=1S/C19H18FN3O3/c1-13-5-3-4-6-15(13)11-22(2)17(24)12-23-19(25)26-18(21-23)14-7-9-16(20)10-8-14/h3-10H,11-12H2,1-2H3. The van der Waals surface area contributed by atoms with Gasteiger partial charge in [0.25, 0.3) is 0 Å². The number of amides is 1. The Bertz CT molecular complexity index is 976. The SMILES string of the molecule is Cc1ccccc1CN(C)C(=O)Cn1nc(-c2ccc(F)cc2)oc1=O. The second-order valence-electron chi connectivity index (χ2n) is 6.01. The van der Waals surface area contributed by atoms with Crippen molar-refractivity contribution in [2.45, 2.75) is 20.0 Å². The lowest BCUT2D eigenvalue weighted by Crippen LogP contribution is -2.33. The molecule has 0 atom stereocenters. The normalized spacial score (nSPS) is 10.7. The van der Waals surface area contributed by atoms with Gasteiger partial charge in [0.05, 0.1) is 0 Å². The topological polar surface area (TPSA) is 68.3 Å². The van der Waals surface area contributed by atoms with Crippen LogP contribution in [0.4, 0.5) is 4.39 Å². The first-order valence-corrected chi connectivity index (χ1v) is 8.06. The molecule has 0 spiro atoms. The Morgan fingerprint density at radius 3 is 2.58 bits per heavy atom. The van der Waals surface area contributed by atoms with E-state index in [2.05, 4.69) is 5.10 Å². The number of aryl methyl sites for hydroxylation is 1. The fourth-order valence-corrected chi connectivity index (χ4v) is 2.50. The number of rotatable bonds is 5. The number of hydrogen-bond acceptors (Lipinski definition) is 4. The maximum atomic E-state index is 13.0. The molecule has 134 valence electrons. The van der Waals surface area contributed by atoms with Crippen LogP contribution in [0.1, 0.15) is 11.1 Å². The molecule has 0 aliphatic heterocycles. The van der Waals surface area contributed by atoms with Crippen LogP contribution in [0.2, 0.25) is 0 Å². The van der Waals surface area contributed by atoms with Gasteiger partial charge in [-0.05, 0) is 42.3 Å². The van der Waals surface area contributed by atoms with Crippen molar-refractivity contribution in [2.24, 2.45) is 0 Å². The van der Waals surface area contributed by atoms with Crippen LogP contribution in [0.15, 0.2) is 57.7 Å². The van der Waals surface area contributed by atoms with Crippen LogP contribution in [0.5, 0.6) is 0 Å². The molecule has 0 fully saturated rings. The van der Waals surface area contributed by atoms with Gasteiger partial charge in [0.15, 0.2) is 0 Å². The van der Waals surface area contributed by atoms with Crippen molar-refractivity contribution in [1.29, 1.82) is 0 Å². The summed E-state index contributed by atoms with van der Waals surface area (Å²) in [5.41, 5.74) is 2.58. The molecule has 1 amide bonds. The fraction of sp³-hybridized carbons (Fsp3) is 0.211. The van der Waals surface area contributed by atoms with Gasteiger partial charge in [-0.25, -0.2) is 9.18 Å². The molecule has 0 saturated heterocycles. The zero-order valence-corrected chi connectivity index (χ0v) is 14.5. The molecule has 0 radical (unpaired) electrons. The lowest BCUT2D eigenvalue weighted by Gasteiger charge is -2.18. The number of hydrogen-bond donors (Lipinski definition) is 0. The second kappa shape index (κ2) is 7.35. The van der Waals surface area contributed by atoms with Crippen molar-refractivity contribution in [3.05, 3.63) is 76.0 Å². The number of halogens is 1. The predicted octanol–water partition coefficient (Wildman–Crippen LogP) is 2.61. The van der Waals surface area contributed by atoms with Crippen molar-refractivity contribution >= 4 is 5.91 Å². The average molecular weight is 355 g/mol. The van der Waals surface area contributed by atoms with Crippen molar-refractivity contribution in [3.8, 4) is 11.5 Å². The Hall–Kier alpha value is -3.22. The van der Waals surface area contributed by atoms with Gasteiger partial charge in [-0.3, -0.25) is 4.79 Å². The molecule has 2 aromatic carbocycles. The molecule has 1 heterocycles. The largest absolute Gasteiger partial charge is 0.437 e. The molecule has 0 saturated carbocycles. The van der Waals surface area contributed by atoms with Crippen molar-refractivity contribution in [2.75, 3.05) is 7.05 Å². The number of carbonyl (C=O) groups excluding carboxylic acids is 1. The summed E-state index contributed by atoms with van der Waals surface area (Å²) in [5.74, 6) is -1.36. The molecular formula is C19H18FN3O3. The van der Waals surface area contributed by atoms with Crippen molar-refractivity contribution in [3.63, 3.8) is 0 Å². The Morgan fingerprint density at radius 2 is 1.88 bits per heavy atom. The van der Waals surface area contributed by atoms with Gasteiger partial charge in [-0.2, -0.15) is 4.68 Å². The molecule has 3 aromatic rings. The average Bonchev–Trinajstić information content (AvgIpc) is 2.98. The number of likely N-dealkylation sites (N-methyl/N-ethyl adjacent to an activating group) is 1. The Morgan fingerprint density at radius 1 is 1.19 bits per heavy atom. The fourth-order valence-electron chi connectivity index (χ4n) is 2.50. The molecule has 0 aliphatic carbocycles. The zero-order chi connectivity index (χ0) is 18.7. The van der Waals surface area contributed by atoms with Crippen LogP contribution < -0.4 is 5.76 Å². The van der Waals surface area contributed by atoms with Crippen LogP contribution in [0, 0.1) is 12.7 Å². The van der Waals surface area contributed by atoms with E-state index in [1.807, 2.05) is 31.2 Å². The van der Waals surface area contributed by atoms with Crippen LogP contribution in [0.25, 0.3) is 11.5 Å². The molecular weight excluding hydrogens is 337 g/mol. The lowest BCUT2D eigenvalue weighted by atomic mass is 10.1. The highest BCUT2D eigenvalue weighted by Gasteiger charge is 2.16. The number of nitrogens with zero attached hydrogens (tertiary/aromatic N) is 3. The smallest absolute Gasteiger partial charge is 0.388 e. The molecule has 1 aromatic heterocycles. The van der Waals surface area contributed by atoms with Crippen LogP contribution in [-0.4, -0.2) is 27.6 Å². The van der Waals surface area contributed by atoms with E-state index in [0.29, 0.717) is 12.1 Å². The number of benzene rings is 2. The van der Waals surface area contributed by atoms with E-state index in [1.165, 1.54) is 29.2 Å². The van der Waals surface area contributed by atoms with Gasteiger partial charge < -0.3 is 9.32 Å². The number of aromatic nitrogens is 2. The highest BCUT2D eigenvalue weighted by Crippen LogP contribution is 2.15. The molecule has 0 aliphatic rings. The first-order chi connectivity index (χ1) is 12.4. The van der Waals surface area contributed by atoms with E-state index in [0.717, 1.165) is 15.8 Å². The maximum Gasteiger partial charge on any atom is 0.437 e. The van der Waals surface area contributed by atoms with Crippen LogP contribution >= 0.6 is 0 Å². The third kappa shape index (κ3) is 3.88. The maximum absolute atomic E-state index is 13.0. The van der Waals surface area contributed by atoms with E-state index in [9.17, 15) is 14.0 Å². The minimum atomic E-state index is -0.734. The summed E-state index contributed by atoms with van der Waals surface area (Å²) >= 11 is 0. The Labute approximate surface area is 149 Å². The summed E-state index contributed by atoms with van der Waals surface area (Å²) in [5, 5.41) is 4.02. The van der Waals surface area contributed by atoms with Crippen molar-refractivity contribution < 1.29 is 13.6 Å². The van der Waals surface area contributed by atoms with Crippen LogP contribution in [0.3, 0.4) is 0 Å². The second-order valence-corrected chi connectivity index (χ2v) is 6.01. The van der Waals surface area contributed by atoms with Crippen molar-refractivity contribution in [1.82, 2.24) is 14.7 Å². The minimum Gasteiger partial charge on any atom is -0.388 e. The first-order valence-electron chi connectivity index (χ1n) is 8.06. The summed E-state index contributed by atoms with van der Waals surface area (Å²) in [6.45, 7) is 2.18. The molecule has 3 rings (SSSR count). The predicted molar refractivity (Wildman–Crippen MR) is 93.8 cm³/mol. The summed E-state index contributed by atoms with van der Waals surface area (Å²) in [4.78, 5) is 25.9. The molecule has 26 heavy (non-hydrogen) atoms. The van der Waals surface area contributed by atoms with E-state index in [1.54, 1.807) is 7.05 Å². The van der Waals surface area contributed by atoms with Gasteiger partial charge in [-0.1, -0.05) is 24.3 Å². The molecule has 6 nitrogen and oxygen atoms in total. The summed E-state index contributed by atoms with van der Waals surface area (Å²) in [6.07, 6.45) is 0. The highest BCUT2D eigenvalue weighted by molar-refractivity contribution is 5.75. The third-order valence-corrected chi connectivity index (χ3v) is 4.08. The Kier molecular flexibility index (Phi) is 4.97. The van der Waals surface area contributed by atoms with Gasteiger partial charge in [0.2, 0.25) is 11.8 Å².